The summed E-state index contributed by atoms with van der Waals surface area (Å²) in [5.74, 6) is 0.636. The summed E-state index contributed by atoms with van der Waals surface area (Å²) in [6.07, 6.45) is 0.992. The molecule has 0 amide bonds. The molecule has 0 spiro atoms. The first kappa shape index (κ1) is 11.4. The summed E-state index contributed by atoms with van der Waals surface area (Å²) < 4.78 is 0. The molecule has 1 aromatic heterocycles. The topological polar surface area (TPSA) is 87.7 Å². The molecule has 1 aromatic rings. The van der Waals surface area contributed by atoms with Gasteiger partial charge in [-0.3, -0.25) is 5.41 Å². The fourth-order valence-corrected chi connectivity index (χ4v) is 1.31. The molecule has 0 bridgehead atoms. The number of amidine groups is 1. The molecule has 5 heteroatoms. The Kier molecular flexibility index (Phi) is 3.60. The van der Waals surface area contributed by atoms with Crippen LogP contribution in [-0.2, 0) is 0 Å². The summed E-state index contributed by atoms with van der Waals surface area (Å²) in [5.41, 5.74) is 7.92. The molecular weight excluding hydrogens is 190 g/mol. The Morgan fingerprint density at radius 1 is 1.40 bits per heavy atom. The number of hydrogen-bond donors (Lipinski definition) is 3. The Bertz CT molecular complexity index is 372. The molecule has 1 heterocycles. The molecule has 0 fully saturated rings. The maximum Gasteiger partial charge on any atom is 0.159 e. The van der Waals surface area contributed by atoms with Crippen LogP contribution in [0.5, 0.6) is 0 Å². The van der Waals surface area contributed by atoms with Crippen LogP contribution in [0, 0.1) is 19.3 Å². The van der Waals surface area contributed by atoms with Crippen molar-refractivity contribution in [2.75, 3.05) is 11.9 Å². The van der Waals surface area contributed by atoms with Gasteiger partial charge in [0.2, 0.25) is 0 Å². The molecule has 0 radical (unpaired) electrons. The summed E-state index contributed by atoms with van der Waals surface area (Å²) in [4.78, 5) is 0. The summed E-state index contributed by atoms with van der Waals surface area (Å²) >= 11 is 0. The van der Waals surface area contributed by atoms with Crippen LogP contribution in [-0.4, -0.2) is 22.6 Å². The molecule has 5 nitrogen and oxygen atoms in total. The molecule has 0 atom stereocenters. The highest BCUT2D eigenvalue weighted by Gasteiger charge is 2.12. The predicted molar refractivity (Wildman–Crippen MR) is 61.3 cm³/mol. The van der Waals surface area contributed by atoms with E-state index in [2.05, 4.69) is 22.4 Å². The second-order valence-corrected chi connectivity index (χ2v) is 3.47. The van der Waals surface area contributed by atoms with Crippen LogP contribution in [0.3, 0.4) is 0 Å². The molecule has 1 rings (SSSR count). The standard InChI is InChI=1S/C10H17N5/c1-4-5-13-10-8(9(11)12)6(2)7(3)14-15-10/h4-5H2,1-3H3,(H3,11,12)(H,13,15). The third-order valence-electron chi connectivity index (χ3n) is 2.27. The van der Waals surface area contributed by atoms with Gasteiger partial charge >= 0.3 is 0 Å². The highest BCUT2D eigenvalue weighted by molar-refractivity contribution is 6.00. The summed E-state index contributed by atoms with van der Waals surface area (Å²) in [5, 5.41) is 18.7. The van der Waals surface area contributed by atoms with Crippen molar-refractivity contribution in [2.45, 2.75) is 27.2 Å². The van der Waals surface area contributed by atoms with Crippen molar-refractivity contribution in [3.05, 3.63) is 16.8 Å². The molecule has 0 saturated carbocycles. The Hall–Kier alpha value is -1.65. The zero-order chi connectivity index (χ0) is 11.4. The Morgan fingerprint density at radius 2 is 2.07 bits per heavy atom. The van der Waals surface area contributed by atoms with Gasteiger partial charge in [-0.15, -0.1) is 5.10 Å². The second kappa shape index (κ2) is 4.72. The number of nitrogens with two attached hydrogens (primary N) is 1. The third kappa shape index (κ3) is 2.43. The van der Waals surface area contributed by atoms with Gasteiger partial charge in [0.25, 0.3) is 0 Å². The molecule has 0 aliphatic rings. The number of nitrogens with one attached hydrogen (secondary N) is 2. The van der Waals surface area contributed by atoms with Crippen LogP contribution in [0.2, 0.25) is 0 Å². The van der Waals surface area contributed by atoms with Gasteiger partial charge in [-0.05, 0) is 25.8 Å². The van der Waals surface area contributed by atoms with Gasteiger partial charge in [-0.2, -0.15) is 5.10 Å². The Balaban J connectivity index is 3.15. The van der Waals surface area contributed by atoms with Crippen LogP contribution in [0.1, 0.15) is 30.2 Å². The van der Waals surface area contributed by atoms with Crippen molar-refractivity contribution >= 4 is 11.7 Å². The van der Waals surface area contributed by atoms with Crippen molar-refractivity contribution < 1.29 is 0 Å². The number of hydrogen-bond acceptors (Lipinski definition) is 4. The molecule has 0 aromatic carbocycles. The number of nitrogens with zero attached hydrogens (tertiary/aromatic N) is 2. The quantitative estimate of drug-likeness (QED) is 0.511. The largest absolute Gasteiger partial charge is 0.384 e. The van der Waals surface area contributed by atoms with E-state index in [1.807, 2.05) is 13.8 Å². The average molecular weight is 207 g/mol. The van der Waals surface area contributed by atoms with Crippen LogP contribution in [0.4, 0.5) is 5.82 Å². The normalized spacial score (nSPS) is 10.1. The van der Waals surface area contributed by atoms with E-state index in [1.54, 1.807) is 0 Å². The lowest BCUT2D eigenvalue weighted by atomic mass is 10.1. The summed E-state index contributed by atoms with van der Waals surface area (Å²) in [6.45, 7) is 6.63. The van der Waals surface area contributed by atoms with E-state index in [-0.39, 0.29) is 5.84 Å². The van der Waals surface area contributed by atoms with Crippen molar-refractivity contribution in [3.63, 3.8) is 0 Å². The summed E-state index contributed by atoms with van der Waals surface area (Å²) in [6, 6.07) is 0. The molecular formula is C10H17N5. The van der Waals surface area contributed by atoms with E-state index >= 15 is 0 Å². The average Bonchev–Trinajstić information content (AvgIpc) is 2.19. The highest BCUT2D eigenvalue weighted by Crippen LogP contribution is 2.17. The lowest BCUT2D eigenvalue weighted by Crippen LogP contribution is -2.19. The molecule has 0 aliphatic carbocycles. The fraction of sp³-hybridized carbons (Fsp3) is 0.500. The lowest BCUT2D eigenvalue weighted by Gasteiger charge is -2.12. The smallest absolute Gasteiger partial charge is 0.159 e. The summed E-state index contributed by atoms with van der Waals surface area (Å²) in [7, 11) is 0. The highest BCUT2D eigenvalue weighted by atomic mass is 15.2. The van der Waals surface area contributed by atoms with Gasteiger partial charge in [-0.25, -0.2) is 0 Å². The fourth-order valence-electron chi connectivity index (χ4n) is 1.31. The van der Waals surface area contributed by atoms with Crippen molar-refractivity contribution in [2.24, 2.45) is 5.73 Å². The van der Waals surface area contributed by atoms with Gasteiger partial charge in [-0.1, -0.05) is 6.92 Å². The van der Waals surface area contributed by atoms with Gasteiger partial charge < -0.3 is 11.1 Å². The third-order valence-corrected chi connectivity index (χ3v) is 2.27. The van der Waals surface area contributed by atoms with Crippen LogP contribution in [0.25, 0.3) is 0 Å². The minimum atomic E-state index is 0.0316. The number of anilines is 1. The van der Waals surface area contributed by atoms with Gasteiger partial charge in [0.1, 0.15) is 5.84 Å². The van der Waals surface area contributed by atoms with E-state index < -0.39 is 0 Å². The predicted octanol–water partition coefficient (Wildman–Crippen LogP) is 1.20. The lowest BCUT2D eigenvalue weighted by molar-refractivity contribution is 0.916. The van der Waals surface area contributed by atoms with Crippen molar-refractivity contribution in [3.8, 4) is 0 Å². The first-order valence-corrected chi connectivity index (χ1v) is 5.00. The zero-order valence-electron chi connectivity index (χ0n) is 9.39. The molecule has 0 unspecified atom stereocenters. The maximum atomic E-state index is 7.52. The molecule has 4 N–H and O–H groups in total. The number of rotatable bonds is 4. The van der Waals surface area contributed by atoms with E-state index in [9.17, 15) is 0 Å². The van der Waals surface area contributed by atoms with Crippen LogP contribution >= 0.6 is 0 Å². The number of aromatic nitrogens is 2. The van der Waals surface area contributed by atoms with E-state index in [0.717, 1.165) is 24.2 Å². The minimum absolute atomic E-state index is 0.0316. The van der Waals surface area contributed by atoms with Crippen LogP contribution in [0.15, 0.2) is 0 Å². The Labute approximate surface area is 89.6 Å². The number of nitrogen functional groups attached to an aromatic ring is 1. The second-order valence-electron chi connectivity index (χ2n) is 3.47. The van der Waals surface area contributed by atoms with Gasteiger partial charge in [0, 0.05) is 6.54 Å². The van der Waals surface area contributed by atoms with E-state index in [1.165, 1.54) is 0 Å². The van der Waals surface area contributed by atoms with E-state index in [0.29, 0.717) is 11.4 Å². The van der Waals surface area contributed by atoms with Gasteiger partial charge in [0.05, 0.1) is 11.3 Å². The van der Waals surface area contributed by atoms with Crippen molar-refractivity contribution in [1.82, 2.24) is 10.2 Å². The molecule has 82 valence electrons. The Morgan fingerprint density at radius 3 is 2.60 bits per heavy atom. The molecule has 0 aliphatic heterocycles. The number of aryl methyl sites for hydroxylation is 1. The zero-order valence-corrected chi connectivity index (χ0v) is 9.39. The van der Waals surface area contributed by atoms with E-state index in [4.69, 9.17) is 11.1 Å². The molecule has 15 heavy (non-hydrogen) atoms. The minimum Gasteiger partial charge on any atom is -0.384 e. The van der Waals surface area contributed by atoms with Crippen LogP contribution < -0.4 is 11.1 Å². The van der Waals surface area contributed by atoms with Gasteiger partial charge in [0.15, 0.2) is 5.82 Å². The first-order chi connectivity index (χ1) is 7.07. The first-order valence-electron chi connectivity index (χ1n) is 5.00. The maximum absolute atomic E-state index is 7.52. The molecule has 0 saturated heterocycles. The van der Waals surface area contributed by atoms with Crippen molar-refractivity contribution in [1.29, 1.82) is 5.41 Å². The SMILES string of the molecule is CCCNc1nnc(C)c(C)c1C(=N)N. The monoisotopic (exact) mass is 207 g/mol.